The van der Waals surface area contributed by atoms with Gasteiger partial charge in [-0.15, -0.1) is 0 Å². The fourth-order valence-electron chi connectivity index (χ4n) is 3.24. The van der Waals surface area contributed by atoms with Crippen LogP contribution in [0.4, 0.5) is 0 Å². The molecule has 0 radical (unpaired) electrons. The highest BCUT2D eigenvalue weighted by Crippen LogP contribution is 2.28. The molecular weight excluding hydrogens is 314 g/mol. The van der Waals surface area contributed by atoms with Gasteiger partial charge in [0.25, 0.3) is 5.91 Å². The maximum Gasteiger partial charge on any atom is 0.252 e. The number of nitrogens with one attached hydrogen (secondary N) is 1. The maximum absolute atomic E-state index is 12.5. The molecular formula is C21H19NO3. The van der Waals surface area contributed by atoms with Crippen molar-refractivity contribution in [3.63, 3.8) is 0 Å². The van der Waals surface area contributed by atoms with Gasteiger partial charge in [-0.25, -0.2) is 0 Å². The van der Waals surface area contributed by atoms with Crippen LogP contribution in [-0.4, -0.2) is 24.2 Å². The predicted octanol–water partition coefficient (Wildman–Crippen LogP) is 3.24. The van der Waals surface area contributed by atoms with Crippen LogP contribution in [-0.2, 0) is 6.42 Å². The van der Waals surface area contributed by atoms with Gasteiger partial charge in [0, 0.05) is 18.5 Å². The van der Waals surface area contributed by atoms with E-state index in [1.165, 1.54) is 0 Å². The van der Waals surface area contributed by atoms with Gasteiger partial charge in [0.05, 0.1) is 12.7 Å². The zero-order chi connectivity index (χ0) is 17.2. The standard InChI is InChI=1S/C21H19NO3/c23-19(15-8-9-20-16(12-15)10-11-25-20)13-22-21(24)18-7-3-5-14-4-1-2-6-17(14)18/h1-9,12,19,23H,10-11,13H2,(H,22,24)/t19-/m0/s1. The molecule has 0 bridgehead atoms. The van der Waals surface area contributed by atoms with Crippen molar-refractivity contribution in [2.45, 2.75) is 12.5 Å². The van der Waals surface area contributed by atoms with Gasteiger partial charge >= 0.3 is 0 Å². The number of aliphatic hydroxyl groups is 1. The van der Waals surface area contributed by atoms with Gasteiger partial charge in [-0.2, -0.15) is 0 Å². The number of carbonyl (C=O) groups is 1. The zero-order valence-corrected chi connectivity index (χ0v) is 13.7. The van der Waals surface area contributed by atoms with E-state index in [9.17, 15) is 9.90 Å². The van der Waals surface area contributed by atoms with E-state index in [2.05, 4.69) is 5.32 Å². The second kappa shape index (κ2) is 6.57. The topological polar surface area (TPSA) is 58.6 Å². The Hall–Kier alpha value is -2.85. The first-order chi connectivity index (χ1) is 12.2. The Morgan fingerprint density at radius 3 is 2.88 bits per heavy atom. The van der Waals surface area contributed by atoms with Crippen LogP contribution in [0.3, 0.4) is 0 Å². The third-order valence-corrected chi connectivity index (χ3v) is 4.59. The normalized spacial score (nSPS) is 14.0. The number of hydrogen-bond acceptors (Lipinski definition) is 3. The zero-order valence-electron chi connectivity index (χ0n) is 13.7. The van der Waals surface area contributed by atoms with Crippen molar-refractivity contribution in [1.82, 2.24) is 5.32 Å². The molecule has 0 unspecified atom stereocenters. The van der Waals surface area contributed by atoms with Crippen molar-refractivity contribution in [1.29, 1.82) is 0 Å². The van der Waals surface area contributed by atoms with E-state index in [-0.39, 0.29) is 12.5 Å². The number of fused-ring (bicyclic) bond motifs is 2. The predicted molar refractivity (Wildman–Crippen MR) is 96.9 cm³/mol. The molecule has 0 saturated heterocycles. The number of amides is 1. The van der Waals surface area contributed by atoms with Crippen LogP contribution in [0, 0.1) is 0 Å². The van der Waals surface area contributed by atoms with Crippen molar-refractivity contribution in [2.75, 3.05) is 13.2 Å². The Labute approximate surface area is 146 Å². The van der Waals surface area contributed by atoms with Gasteiger partial charge in [-0.05, 0) is 40.1 Å². The van der Waals surface area contributed by atoms with E-state index < -0.39 is 6.10 Å². The molecule has 0 saturated carbocycles. The van der Waals surface area contributed by atoms with Crippen molar-refractivity contribution in [3.05, 3.63) is 77.4 Å². The third-order valence-electron chi connectivity index (χ3n) is 4.59. The quantitative estimate of drug-likeness (QED) is 0.771. The molecule has 25 heavy (non-hydrogen) atoms. The van der Waals surface area contributed by atoms with Crippen LogP contribution >= 0.6 is 0 Å². The Morgan fingerprint density at radius 2 is 1.96 bits per heavy atom. The number of ether oxygens (including phenoxy) is 1. The van der Waals surface area contributed by atoms with Gasteiger partial charge in [0.2, 0.25) is 0 Å². The van der Waals surface area contributed by atoms with E-state index in [1.54, 1.807) is 6.07 Å². The lowest BCUT2D eigenvalue weighted by atomic mass is 10.0. The molecule has 1 aliphatic heterocycles. The molecule has 0 fully saturated rings. The maximum atomic E-state index is 12.5. The highest BCUT2D eigenvalue weighted by Gasteiger charge is 2.17. The van der Waals surface area contributed by atoms with E-state index in [1.807, 2.05) is 54.6 Å². The monoisotopic (exact) mass is 333 g/mol. The fourth-order valence-corrected chi connectivity index (χ4v) is 3.24. The molecule has 3 aromatic carbocycles. The van der Waals surface area contributed by atoms with Crippen LogP contribution in [0.25, 0.3) is 10.8 Å². The van der Waals surface area contributed by atoms with E-state index in [0.717, 1.165) is 34.1 Å². The summed E-state index contributed by atoms with van der Waals surface area (Å²) in [5, 5.41) is 15.2. The number of benzene rings is 3. The Kier molecular flexibility index (Phi) is 4.12. The molecule has 3 aromatic rings. The largest absolute Gasteiger partial charge is 0.493 e. The number of rotatable bonds is 4. The third kappa shape index (κ3) is 3.08. The average Bonchev–Trinajstić information content (AvgIpc) is 3.13. The molecule has 1 atom stereocenters. The first-order valence-electron chi connectivity index (χ1n) is 8.42. The lowest BCUT2D eigenvalue weighted by Crippen LogP contribution is -2.28. The minimum atomic E-state index is -0.746. The van der Waals surface area contributed by atoms with E-state index >= 15 is 0 Å². The van der Waals surface area contributed by atoms with Crippen LogP contribution in [0.5, 0.6) is 5.75 Å². The summed E-state index contributed by atoms with van der Waals surface area (Å²) in [4.78, 5) is 12.5. The van der Waals surface area contributed by atoms with Crippen molar-refractivity contribution in [2.24, 2.45) is 0 Å². The van der Waals surface area contributed by atoms with Gasteiger partial charge in [0.1, 0.15) is 5.75 Å². The summed E-state index contributed by atoms with van der Waals surface area (Å²) in [5.41, 5.74) is 2.52. The van der Waals surface area contributed by atoms with Crippen molar-refractivity contribution >= 4 is 16.7 Å². The average molecular weight is 333 g/mol. The molecule has 126 valence electrons. The molecule has 1 heterocycles. The summed E-state index contributed by atoms with van der Waals surface area (Å²) in [6, 6.07) is 19.1. The van der Waals surface area contributed by atoms with Crippen molar-refractivity contribution < 1.29 is 14.6 Å². The van der Waals surface area contributed by atoms with Crippen LogP contribution in [0.15, 0.2) is 60.7 Å². The number of carbonyl (C=O) groups excluding carboxylic acids is 1. The highest BCUT2D eigenvalue weighted by atomic mass is 16.5. The van der Waals surface area contributed by atoms with Crippen molar-refractivity contribution in [3.8, 4) is 5.75 Å². The van der Waals surface area contributed by atoms with Gasteiger partial charge in [-0.3, -0.25) is 4.79 Å². The molecule has 1 aliphatic rings. The summed E-state index contributed by atoms with van der Waals surface area (Å²) in [6.07, 6.45) is 0.114. The molecule has 0 aromatic heterocycles. The molecule has 2 N–H and O–H groups in total. The van der Waals surface area contributed by atoms with Gasteiger partial charge in [0.15, 0.2) is 0 Å². The smallest absolute Gasteiger partial charge is 0.252 e. The SMILES string of the molecule is O=C(NC[C@H](O)c1ccc2c(c1)CCO2)c1cccc2ccccc12. The summed E-state index contributed by atoms with van der Waals surface area (Å²) in [6.45, 7) is 0.856. The lowest BCUT2D eigenvalue weighted by molar-refractivity contribution is 0.0918. The fraction of sp³-hybridized carbons (Fsp3) is 0.190. The number of hydrogen-bond donors (Lipinski definition) is 2. The second-order valence-electron chi connectivity index (χ2n) is 6.22. The summed E-state index contributed by atoms with van der Waals surface area (Å²) in [7, 11) is 0. The Morgan fingerprint density at radius 1 is 1.12 bits per heavy atom. The second-order valence-corrected chi connectivity index (χ2v) is 6.22. The molecule has 1 amide bonds. The summed E-state index contributed by atoms with van der Waals surface area (Å²) >= 11 is 0. The minimum absolute atomic E-state index is 0.168. The molecule has 4 heteroatoms. The molecule has 4 nitrogen and oxygen atoms in total. The lowest BCUT2D eigenvalue weighted by Gasteiger charge is -2.14. The summed E-state index contributed by atoms with van der Waals surface area (Å²) < 4.78 is 5.48. The van der Waals surface area contributed by atoms with E-state index in [4.69, 9.17) is 4.74 Å². The highest BCUT2D eigenvalue weighted by molar-refractivity contribution is 6.07. The van der Waals surface area contributed by atoms with Crippen LogP contribution < -0.4 is 10.1 Å². The molecule has 0 spiro atoms. The van der Waals surface area contributed by atoms with Gasteiger partial charge < -0.3 is 15.2 Å². The minimum Gasteiger partial charge on any atom is -0.493 e. The molecule has 4 rings (SSSR count). The summed E-state index contributed by atoms with van der Waals surface area (Å²) in [5.74, 6) is 0.705. The number of aliphatic hydroxyl groups excluding tert-OH is 1. The van der Waals surface area contributed by atoms with Crippen LogP contribution in [0.1, 0.15) is 27.6 Å². The van der Waals surface area contributed by atoms with Crippen LogP contribution in [0.2, 0.25) is 0 Å². The Balaban J connectivity index is 1.48. The van der Waals surface area contributed by atoms with E-state index in [0.29, 0.717) is 12.2 Å². The van der Waals surface area contributed by atoms with Gasteiger partial charge in [-0.1, -0.05) is 42.5 Å². The first-order valence-corrected chi connectivity index (χ1v) is 8.42. The molecule has 0 aliphatic carbocycles. The first kappa shape index (κ1) is 15.7. The Bertz CT molecular complexity index is 930.